The van der Waals surface area contributed by atoms with Crippen LogP contribution in [0.3, 0.4) is 0 Å². The number of carbonyl (C=O) groups is 1. The summed E-state index contributed by atoms with van der Waals surface area (Å²) in [6.07, 6.45) is 1.76. The van der Waals surface area contributed by atoms with Crippen LogP contribution in [0.15, 0.2) is 53.3 Å². The van der Waals surface area contributed by atoms with Crippen LogP contribution in [-0.2, 0) is 13.0 Å². The van der Waals surface area contributed by atoms with Gasteiger partial charge in [-0.15, -0.1) is 0 Å². The summed E-state index contributed by atoms with van der Waals surface area (Å²) in [6.45, 7) is 2.68. The molecule has 1 aromatic heterocycles. The average Bonchev–Trinajstić information content (AvgIpc) is 3.11. The molecule has 25 heavy (non-hydrogen) atoms. The van der Waals surface area contributed by atoms with E-state index in [0.717, 1.165) is 30.8 Å². The molecule has 0 spiro atoms. The molecule has 3 aromatic rings. The van der Waals surface area contributed by atoms with E-state index in [2.05, 4.69) is 10.3 Å². The first kappa shape index (κ1) is 15.6. The summed E-state index contributed by atoms with van der Waals surface area (Å²) in [5.74, 6) is 0.647. The monoisotopic (exact) mass is 333 g/mol. The number of nitrogens with one attached hydrogen (secondary N) is 1. The number of rotatable bonds is 3. The van der Waals surface area contributed by atoms with Crippen molar-refractivity contribution in [1.29, 1.82) is 0 Å². The Morgan fingerprint density at radius 2 is 2.00 bits per heavy atom. The normalized spacial score (nSPS) is 14.3. The standard InChI is InChI=1S/C20H19N3O2/c1-13(14-6-3-2-4-7-14)21-19(24)15-9-10-16-17(12-15)22-18-8-5-11-23(18)20(16)25/h2-4,6-7,9-10,12-13H,5,8,11H2,1H3,(H,21,24)/t13-/m0/s1. The Morgan fingerprint density at radius 3 is 2.80 bits per heavy atom. The maximum Gasteiger partial charge on any atom is 0.261 e. The third-order valence-electron chi connectivity index (χ3n) is 4.73. The van der Waals surface area contributed by atoms with Gasteiger partial charge < -0.3 is 5.32 Å². The van der Waals surface area contributed by atoms with Crippen molar-refractivity contribution in [2.75, 3.05) is 0 Å². The van der Waals surface area contributed by atoms with Crippen LogP contribution in [0, 0.1) is 0 Å². The lowest BCUT2D eigenvalue weighted by Gasteiger charge is -2.14. The van der Waals surface area contributed by atoms with E-state index in [0.29, 0.717) is 16.5 Å². The lowest BCUT2D eigenvalue weighted by atomic mass is 10.1. The van der Waals surface area contributed by atoms with Gasteiger partial charge >= 0.3 is 0 Å². The Labute approximate surface area is 145 Å². The highest BCUT2D eigenvalue weighted by molar-refractivity contribution is 5.97. The van der Waals surface area contributed by atoms with Crippen molar-refractivity contribution in [2.24, 2.45) is 0 Å². The quantitative estimate of drug-likeness (QED) is 0.801. The van der Waals surface area contributed by atoms with Gasteiger partial charge in [-0.1, -0.05) is 30.3 Å². The van der Waals surface area contributed by atoms with Crippen LogP contribution in [0.25, 0.3) is 10.9 Å². The van der Waals surface area contributed by atoms with Gasteiger partial charge in [0.05, 0.1) is 16.9 Å². The fraction of sp³-hybridized carbons (Fsp3) is 0.250. The van der Waals surface area contributed by atoms with Gasteiger partial charge in [-0.2, -0.15) is 0 Å². The van der Waals surface area contributed by atoms with Crippen LogP contribution in [0.4, 0.5) is 0 Å². The van der Waals surface area contributed by atoms with E-state index < -0.39 is 0 Å². The molecule has 1 aliphatic heterocycles. The number of aromatic nitrogens is 2. The highest BCUT2D eigenvalue weighted by atomic mass is 16.1. The van der Waals surface area contributed by atoms with E-state index in [1.807, 2.05) is 37.3 Å². The van der Waals surface area contributed by atoms with Crippen molar-refractivity contribution in [3.8, 4) is 0 Å². The Kier molecular flexibility index (Phi) is 3.84. The molecular formula is C20H19N3O2. The van der Waals surface area contributed by atoms with Crippen LogP contribution >= 0.6 is 0 Å². The number of hydrogen-bond donors (Lipinski definition) is 1. The van der Waals surface area contributed by atoms with E-state index in [-0.39, 0.29) is 17.5 Å². The number of fused-ring (bicyclic) bond motifs is 2. The molecule has 0 aliphatic carbocycles. The van der Waals surface area contributed by atoms with Gasteiger partial charge in [-0.05, 0) is 37.1 Å². The minimum atomic E-state index is -0.166. The molecule has 2 aromatic carbocycles. The number of carbonyl (C=O) groups excluding carboxylic acids is 1. The Morgan fingerprint density at radius 1 is 1.20 bits per heavy atom. The van der Waals surface area contributed by atoms with Crippen LogP contribution < -0.4 is 10.9 Å². The van der Waals surface area contributed by atoms with Crippen LogP contribution in [0.2, 0.25) is 0 Å². The van der Waals surface area contributed by atoms with E-state index in [1.54, 1.807) is 22.8 Å². The van der Waals surface area contributed by atoms with Crippen LogP contribution in [0.1, 0.15) is 41.1 Å². The topological polar surface area (TPSA) is 64.0 Å². The van der Waals surface area contributed by atoms with Gasteiger partial charge in [-0.3, -0.25) is 14.2 Å². The molecule has 0 radical (unpaired) electrons. The van der Waals surface area contributed by atoms with Gasteiger partial charge in [0.15, 0.2) is 0 Å². The van der Waals surface area contributed by atoms with Crippen LogP contribution in [-0.4, -0.2) is 15.5 Å². The molecule has 1 atom stereocenters. The maximum atomic E-state index is 12.6. The average molecular weight is 333 g/mol. The molecule has 5 heteroatoms. The largest absolute Gasteiger partial charge is 0.346 e. The zero-order chi connectivity index (χ0) is 17.4. The molecule has 0 unspecified atom stereocenters. The molecule has 0 saturated heterocycles. The Bertz CT molecular complexity index is 1010. The molecule has 1 amide bonds. The zero-order valence-corrected chi connectivity index (χ0v) is 14.0. The second kappa shape index (κ2) is 6.16. The summed E-state index contributed by atoms with van der Waals surface area (Å²) in [7, 11) is 0. The highest BCUT2D eigenvalue weighted by Crippen LogP contribution is 2.17. The SMILES string of the molecule is C[C@H](NC(=O)c1ccc2c(=O)n3c(nc2c1)CCC3)c1ccccc1. The first-order valence-electron chi connectivity index (χ1n) is 8.53. The second-order valence-electron chi connectivity index (χ2n) is 6.43. The first-order chi connectivity index (χ1) is 12.1. The third kappa shape index (κ3) is 2.82. The first-order valence-corrected chi connectivity index (χ1v) is 8.53. The lowest BCUT2D eigenvalue weighted by molar-refractivity contribution is 0.0940. The third-order valence-corrected chi connectivity index (χ3v) is 4.73. The highest BCUT2D eigenvalue weighted by Gasteiger charge is 2.17. The number of amides is 1. The molecule has 0 bridgehead atoms. The predicted octanol–water partition coefficient (Wildman–Crippen LogP) is 2.83. The van der Waals surface area contributed by atoms with E-state index in [9.17, 15) is 9.59 Å². The summed E-state index contributed by atoms with van der Waals surface area (Å²) in [5, 5.41) is 3.56. The smallest absolute Gasteiger partial charge is 0.261 e. The summed E-state index contributed by atoms with van der Waals surface area (Å²) < 4.78 is 1.74. The molecule has 0 saturated carbocycles. The van der Waals surface area contributed by atoms with Crippen molar-refractivity contribution in [3.05, 3.63) is 75.8 Å². The zero-order valence-electron chi connectivity index (χ0n) is 14.0. The maximum absolute atomic E-state index is 12.6. The van der Waals surface area contributed by atoms with E-state index in [4.69, 9.17) is 0 Å². The van der Waals surface area contributed by atoms with Gasteiger partial charge in [0.25, 0.3) is 11.5 Å². The van der Waals surface area contributed by atoms with E-state index >= 15 is 0 Å². The minimum absolute atomic E-state index is 0.0119. The van der Waals surface area contributed by atoms with Crippen molar-refractivity contribution in [1.82, 2.24) is 14.9 Å². The molecule has 0 fully saturated rings. The molecule has 1 aliphatic rings. The van der Waals surface area contributed by atoms with Crippen LogP contribution in [0.5, 0.6) is 0 Å². The predicted molar refractivity (Wildman–Crippen MR) is 96.6 cm³/mol. The van der Waals surface area contributed by atoms with Gasteiger partial charge in [0, 0.05) is 18.5 Å². The number of nitrogens with zero attached hydrogens (tertiary/aromatic N) is 2. The summed E-state index contributed by atoms with van der Waals surface area (Å²) in [4.78, 5) is 29.6. The second-order valence-corrected chi connectivity index (χ2v) is 6.43. The summed E-state index contributed by atoms with van der Waals surface area (Å²) in [6, 6.07) is 14.8. The molecule has 1 N–H and O–H groups in total. The lowest BCUT2D eigenvalue weighted by Crippen LogP contribution is -2.27. The minimum Gasteiger partial charge on any atom is -0.346 e. The number of aryl methyl sites for hydroxylation is 1. The molecule has 2 heterocycles. The molecular weight excluding hydrogens is 314 g/mol. The summed E-state index contributed by atoms with van der Waals surface area (Å²) in [5.41, 5.74) is 2.15. The van der Waals surface area contributed by atoms with Gasteiger partial charge in [0.1, 0.15) is 5.82 Å². The van der Waals surface area contributed by atoms with Gasteiger partial charge in [0.2, 0.25) is 0 Å². The Balaban J connectivity index is 1.64. The molecule has 126 valence electrons. The Hall–Kier alpha value is -2.95. The molecule has 5 nitrogen and oxygen atoms in total. The van der Waals surface area contributed by atoms with Crippen molar-refractivity contribution >= 4 is 16.8 Å². The van der Waals surface area contributed by atoms with Crippen molar-refractivity contribution in [2.45, 2.75) is 32.4 Å². The van der Waals surface area contributed by atoms with E-state index in [1.165, 1.54) is 0 Å². The fourth-order valence-electron chi connectivity index (χ4n) is 3.33. The number of hydrogen-bond acceptors (Lipinski definition) is 3. The number of benzene rings is 2. The fourth-order valence-corrected chi connectivity index (χ4v) is 3.33. The molecule has 4 rings (SSSR count). The summed E-state index contributed by atoms with van der Waals surface area (Å²) >= 11 is 0. The van der Waals surface area contributed by atoms with Crippen molar-refractivity contribution in [3.63, 3.8) is 0 Å². The van der Waals surface area contributed by atoms with Crippen molar-refractivity contribution < 1.29 is 4.79 Å². The van der Waals surface area contributed by atoms with Gasteiger partial charge in [-0.25, -0.2) is 4.98 Å².